The van der Waals surface area contributed by atoms with Crippen LogP contribution in [-0.2, 0) is 11.3 Å². The van der Waals surface area contributed by atoms with E-state index in [1.165, 1.54) is 24.3 Å². The smallest absolute Gasteiger partial charge is 0.347 e. The molecular formula is C29H21NO6. The fourth-order valence-electron chi connectivity index (χ4n) is 4.48. The number of fused-ring (bicyclic) bond motifs is 1. The molecule has 2 heterocycles. The molecule has 1 aliphatic rings. The number of hydrogen-bond acceptors (Lipinski definition) is 6. The zero-order chi connectivity index (χ0) is 25.2. The number of Topliss-reactive ketones (excluding diaryl/α,β-unsaturated/α-hetero) is 2. The van der Waals surface area contributed by atoms with Crippen molar-refractivity contribution in [3.05, 3.63) is 119 Å². The second-order valence-electron chi connectivity index (χ2n) is 8.43. The lowest BCUT2D eigenvalue weighted by atomic mass is 9.93. The average Bonchev–Trinajstić information content (AvgIpc) is 3.51. The van der Waals surface area contributed by atoms with Crippen molar-refractivity contribution in [2.24, 2.45) is 0 Å². The molecule has 36 heavy (non-hydrogen) atoms. The highest BCUT2D eigenvalue weighted by atomic mass is 16.5. The Morgan fingerprint density at radius 1 is 0.778 bits per heavy atom. The van der Waals surface area contributed by atoms with Gasteiger partial charge in [0.05, 0.1) is 17.2 Å². The summed E-state index contributed by atoms with van der Waals surface area (Å²) in [5, 5.41) is 9.93. The number of aromatic hydroxyl groups is 1. The van der Waals surface area contributed by atoms with E-state index in [-0.39, 0.29) is 28.4 Å². The van der Waals surface area contributed by atoms with Crippen LogP contribution in [0.5, 0.6) is 11.5 Å². The van der Waals surface area contributed by atoms with Gasteiger partial charge in [-0.25, -0.2) is 4.79 Å². The number of carbonyl (C=O) groups excluding carboxylic acids is 4. The molecule has 0 fully saturated rings. The molecule has 5 rings (SSSR count). The molecule has 1 unspecified atom stereocenters. The highest BCUT2D eigenvalue weighted by Crippen LogP contribution is 2.34. The number of rotatable bonds is 7. The molecular weight excluding hydrogens is 458 g/mol. The summed E-state index contributed by atoms with van der Waals surface area (Å²) >= 11 is 0. The summed E-state index contributed by atoms with van der Waals surface area (Å²) in [5.74, 6) is -3.46. The van der Waals surface area contributed by atoms with E-state index in [4.69, 9.17) is 4.74 Å². The van der Waals surface area contributed by atoms with Crippen molar-refractivity contribution in [2.45, 2.75) is 18.9 Å². The lowest BCUT2D eigenvalue weighted by Gasteiger charge is -2.12. The minimum absolute atomic E-state index is 0.0446. The van der Waals surface area contributed by atoms with E-state index in [1.807, 2.05) is 6.07 Å². The van der Waals surface area contributed by atoms with Crippen LogP contribution < -0.4 is 4.74 Å². The fourth-order valence-corrected chi connectivity index (χ4v) is 4.48. The Morgan fingerprint density at radius 2 is 1.44 bits per heavy atom. The number of nitrogens with zero attached hydrogens (tertiary/aromatic N) is 1. The summed E-state index contributed by atoms with van der Waals surface area (Å²) in [6, 6.07) is 24.1. The van der Waals surface area contributed by atoms with Gasteiger partial charge in [-0.15, -0.1) is 0 Å². The third-order valence-electron chi connectivity index (χ3n) is 6.28. The van der Waals surface area contributed by atoms with Crippen LogP contribution in [0.2, 0.25) is 0 Å². The first kappa shape index (κ1) is 23.0. The van der Waals surface area contributed by atoms with Crippen LogP contribution in [0, 0.1) is 0 Å². The average molecular weight is 479 g/mol. The quantitative estimate of drug-likeness (QED) is 0.180. The van der Waals surface area contributed by atoms with Crippen molar-refractivity contribution < 1.29 is 29.0 Å². The zero-order valence-electron chi connectivity index (χ0n) is 19.1. The molecule has 0 spiro atoms. The Bertz CT molecular complexity index is 1500. The summed E-state index contributed by atoms with van der Waals surface area (Å²) in [6.45, 7) is 0.434. The van der Waals surface area contributed by atoms with Crippen LogP contribution in [-0.4, -0.2) is 33.0 Å². The third kappa shape index (κ3) is 4.11. The Morgan fingerprint density at radius 3 is 2.19 bits per heavy atom. The highest BCUT2D eigenvalue weighted by Gasteiger charge is 2.36. The van der Waals surface area contributed by atoms with Gasteiger partial charge in [-0.3, -0.25) is 14.4 Å². The second kappa shape index (κ2) is 9.46. The number of para-hydroxylation sites is 2. The molecule has 1 atom stereocenters. The number of phenolic OH excluding ortho intramolecular Hbond substituents is 1. The predicted molar refractivity (Wildman–Crippen MR) is 131 cm³/mol. The van der Waals surface area contributed by atoms with Crippen molar-refractivity contribution in [3.8, 4) is 11.5 Å². The fraction of sp³-hybridized carbons (Fsp3) is 0.103. The normalized spacial score (nSPS) is 14.2. The second-order valence-corrected chi connectivity index (χ2v) is 8.43. The lowest BCUT2D eigenvalue weighted by molar-refractivity contribution is -0.116. The van der Waals surface area contributed by atoms with E-state index in [9.17, 15) is 24.3 Å². The van der Waals surface area contributed by atoms with Gasteiger partial charge in [-0.1, -0.05) is 54.6 Å². The lowest BCUT2D eigenvalue weighted by Crippen LogP contribution is -2.22. The number of aromatic nitrogens is 1. The molecule has 1 aliphatic heterocycles. The van der Waals surface area contributed by atoms with Crippen LogP contribution >= 0.6 is 0 Å². The molecule has 178 valence electrons. The molecule has 0 saturated heterocycles. The molecule has 1 N–H and O–H groups in total. The first-order chi connectivity index (χ1) is 17.5. The first-order valence-corrected chi connectivity index (χ1v) is 11.4. The van der Waals surface area contributed by atoms with Gasteiger partial charge in [0, 0.05) is 17.8 Å². The predicted octanol–water partition coefficient (Wildman–Crippen LogP) is 4.58. The number of carbonyl (C=O) groups is 4. The number of ketones is 3. The van der Waals surface area contributed by atoms with Gasteiger partial charge >= 0.3 is 5.97 Å². The summed E-state index contributed by atoms with van der Waals surface area (Å²) in [7, 11) is 0. The van der Waals surface area contributed by atoms with Gasteiger partial charge < -0.3 is 14.4 Å². The molecule has 0 radical (unpaired) electrons. The largest absolute Gasteiger partial charge is 0.507 e. The molecule has 1 aromatic heterocycles. The van der Waals surface area contributed by atoms with E-state index in [0.717, 1.165) is 0 Å². The standard InChI is InChI=1S/C29H21NO6/c31-24-12-6-4-10-20(24)29(35)36-25-13-7-5-11-21(25)28(34)27(33)19-16-17-30-22(19)14-15-23(30)26(32)18-8-2-1-3-9-18/h1-15,19,31H,16-17H2. The number of ether oxygens (including phenoxy) is 1. The van der Waals surface area contributed by atoms with Gasteiger partial charge in [-0.2, -0.15) is 0 Å². The van der Waals surface area contributed by atoms with Gasteiger partial charge in [0.2, 0.25) is 17.3 Å². The van der Waals surface area contributed by atoms with Gasteiger partial charge in [-0.05, 0) is 42.8 Å². The van der Waals surface area contributed by atoms with Gasteiger partial charge in [0.1, 0.15) is 17.1 Å². The van der Waals surface area contributed by atoms with Crippen molar-refractivity contribution in [3.63, 3.8) is 0 Å². The maximum atomic E-state index is 13.3. The minimum atomic E-state index is -0.848. The van der Waals surface area contributed by atoms with E-state index in [2.05, 4.69) is 0 Å². The van der Waals surface area contributed by atoms with Crippen molar-refractivity contribution >= 4 is 23.3 Å². The third-order valence-corrected chi connectivity index (χ3v) is 6.28. The maximum absolute atomic E-state index is 13.3. The maximum Gasteiger partial charge on any atom is 0.347 e. The molecule has 0 aliphatic carbocycles. The molecule has 0 bridgehead atoms. The summed E-state index contributed by atoms with van der Waals surface area (Å²) < 4.78 is 7.17. The van der Waals surface area contributed by atoms with Crippen LogP contribution in [0.25, 0.3) is 0 Å². The van der Waals surface area contributed by atoms with E-state index >= 15 is 0 Å². The van der Waals surface area contributed by atoms with Gasteiger partial charge in [0.25, 0.3) is 0 Å². The van der Waals surface area contributed by atoms with E-state index in [0.29, 0.717) is 29.9 Å². The van der Waals surface area contributed by atoms with Crippen molar-refractivity contribution in [2.75, 3.05) is 0 Å². The summed E-state index contributed by atoms with van der Waals surface area (Å²) in [5.41, 5.74) is 1.52. The van der Waals surface area contributed by atoms with Crippen LogP contribution in [0.1, 0.15) is 54.8 Å². The molecule has 0 saturated carbocycles. The molecule has 4 aromatic rings. The Kier molecular flexibility index (Phi) is 6.04. The van der Waals surface area contributed by atoms with E-state index in [1.54, 1.807) is 65.2 Å². The summed E-state index contributed by atoms with van der Waals surface area (Å²) in [4.78, 5) is 52.1. The number of hydrogen-bond donors (Lipinski definition) is 1. The number of phenols is 1. The highest BCUT2D eigenvalue weighted by molar-refractivity contribution is 6.46. The minimum Gasteiger partial charge on any atom is -0.507 e. The van der Waals surface area contributed by atoms with Crippen LogP contribution in [0.4, 0.5) is 0 Å². The SMILES string of the molecule is O=C(Oc1ccccc1C(=O)C(=O)C1CCn2c(C(=O)c3ccccc3)ccc21)c1ccccc1O. The Hall–Kier alpha value is -4.78. The molecule has 3 aromatic carbocycles. The monoisotopic (exact) mass is 479 g/mol. The number of benzene rings is 3. The molecule has 7 heteroatoms. The van der Waals surface area contributed by atoms with Crippen molar-refractivity contribution in [1.82, 2.24) is 4.57 Å². The Balaban J connectivity index is 1.38. The number of esters is 1. The van der Waals surface area contributed by atoms with Crippen LogP contribution in [0.15, 0.2) is 91.0 Å². The topological polar surface area (TPSA) is 103 Å². The first-order valence-electron chi connectivity index (χ1n) is 11.4. The van der Waals surface area contributed by atoms with E-state index < -0.39 is 23.5 Å². The van der Waals surface area contributed by atoms with Crippen LogP contribution in [0.3, 0.4) is 0 Å². The summed E-state index contributed by atoms with van der Waals surface area (Å²) in [6.07, 6.45) is 0.385. The van der Waals surface area contributed by atoms with Crippen molar-refractivity contribution in [1.29, 1.82) is 0 Å². The zero-order valence-corrected chi connectivity index (χ0v) is 19.1. The van der Waals surface area contributed by atoms with Gasteiger partial charge in [0.15, 0.2) is 0 Å². The molecule has 0 amide bonds. The molecule has 7 nitrogen and oxygen atoms in total. The Labute approximate surface area is 206 Å².